The lowest BCUT2D eigenvalue weighted by Crippen LogP contribution is -2.31. The number of hydrogen-bond acceptors (Lipinski definition) is 3. The van der Waals surface area contributed by atoms with Crippen LogP contribution in [0.3, 0.4) is 0 Å². The van der Waals surface area contributed by atoms with Gasteiger partial charge in [-0.25, -0.2) is 4.79 Å². The van der Waals surface area contributed by atoms with E-state index in [1.807, 2.05) is 43.0 Å². The lowest BCUT2D eigenvalue weighted by Gasteiger charge is -2.20. The van der Waals surface area contributed by atoms with Crippen LogP contribution < -0.4 is 10.6 Å². The molecule has 1 heterocycles. The molecule has 31 heavy (non-hydrogen) atoms. The summed E-state index contributed by atoms with van der Waals surface area (Å²) in [6, 6.07) is 14.8. The van der Waals surface area contributed by atoms with Gasteiger partial charge in [0, 0.05) is 30.9 Å². The first-order valence-electron chi connectivity index (χ1n) is 11.1. The summed E-state index contributed by atoms with van der Waals surface area (Å²) >= 11 is 0. The molecule has 0 radical (unpaired) electrons. The number of rotatable bonds is 7. The Labute approximate surface area is 185 Å². The van der Waals surface area contributed by atoms with Crippen molar-refractivity contribution in [1.29, 1.82) is 0 Å². The maximum absolute atomic E-state index is 12.7. The van der Waals surface area contributed by atoms with Crippen LogP contribution in [-0.4, -0.2) is 36.0 Å². The van der Waals surface area contributed by atoms with Crippen LogP contribution in [-0.2, 0) is 17.9 Å². The summed E-state index contributed by atoms with van der Waals surface area (Å²) in [6.45, 7) is 6.70. The monoisotopic (exact) mass is 423 g/mol. The quantitative estimate of drug-likeness (QED) is 0.662. The maximum Gasteiger partial charge on any atom is 0.319 e. The van der Waals surface area contributed by atoms with Crippen molar-refractivity contribution in [3.05, 3.63) is 65.2 Å². The number of amides is 3. The van der Waals surface area contributed by atoms with Crippen LogP contribution in [0.2, 0.25) is 0 Å². The van der Waals surface area contributed by atoms with Gasteiger partial charge in [-0.05, 0) is 62.1 Å². The third-order valence-electron chi connectivity index (χ3n) is 5.34. The van der Waals surface area contributed by atoms with Crippen molar-refractivity contribution >= 4 is 17.6 Å². The number of nitrogens with zero attached hydrogens (tertiary/aromatic N) is 1. The van der Waals surface area contributed by atoms with Crippen LogP contribution in [0.25, 0.3) is 0 Å². The molecular formula is C25H33N3O3. The van der Waals surface area contributed by atoms with Gasteiger partial charge >= 0.3 is 6.03 Å². The summed E-state index contributed by atoms with van der Waals surface area (Å²) in [5, 5.41) is 5.67. The van der Waals surface area contributed by atoms with Crippen molar-refractivity contribution < 1.29 is 14.3 Å². The fourth-order valence-electron chi connectivity index (χ4n) is 3.53. The minimum atomic E-state index is -0.279. The zero-order valence-corrected chi connectivity index (χ0v) is 18.5. The molecule has 2 aromatic rings. The average Bonchev–Trinajstić information content (AvgIpc) is 3.06. The molecule has 1 fully saturated rings. The Kier molecular flexibility index (Phi) is 8.47. The van der Waals surface area contributed by atoms with E-state index in [1.165, 1.54) is 12.8 Å². The number of likely N-dealkylation sites (tertiary alicyclic amines) is 1. The number of carbonyl (C=O) groups excluding carboxylic acids is 2. The summed E-state index contributed by atoms with van der Waals surface area (Å²) in [5.74, 6) is 0.0696. The molecular weight excluding hydrogens is 390 g/mol. The van der Waals surface area contributed by atoms with Gasteiger partial charge in [-0.1, -0.05) is 37.1 Å². The van der Waals surface area contributed by atoms with Gasteiger partial charge in [-0.2, -0.15) is 0 Å². The molecule has 6 nitrogen and oxygen atoms in total. The van der Waals surface area contributed by atoms with Crippen molar-refractivity contribution in [2.24, 2.45) is 0 Å². The van der Waals surface area contributed by atoms with Crippen LogP contribution in [0.4, 0.5) is 10.5 Å². The first kappa shape index (κ1) is 22.8. The highest BCUT2D eigenvalue weighted by molar-refractivity contribution is 5.95. The van der Waals surface area contributed by atoms with Crippen LogP contribution in [0.15, 0.2) is 48.5 Å². The van der Waals surface area contributed by atoms with Gasteiger partial charge in [0.05, 0.1) is 12.7 Å². The molecule has 3 amide bonds. The van der Waals surface area contributed by atoms with E-state index in [4.69, 9.17) is 4.74 Å². The lowest BCUT2D eigenvalue weighted by molar-refractivity contribution is 0.0657. The molecule has 0 aliphatic carbocycles. The Morgan fingerprint density at radius 1 is 0.903 bits per heavy atom. The largest absolute Gasteiger partial charge is 0.374 e. The Morgan fingerprint density at radius 2 is 1.52 bits per heavy atom. The Hall–Kier alpha value is -2.86. The van der Waals surface area contributed by atoms with Gasteiger partial charge in [0.15, 0.2) is 0 Å². The Morgan fingerprint density at radius 3 is 2.13 bits per heavy atom. The molecule has 2 aromatic carbocycles. The molecule has 3 rings (SSSR count). The van der Waals surface area contributed by atoms with Crippen molar-refractivity contribution in [2.45, 2.75) is 58.8 Å². The minimum Gasteiger partial charge on any atom is -0.374 e. The summed E-state index contributed by atoms with van der Waals surface area (Å²) in [6.07, 6.45) is 4.73. The van der Waals surface area contributed by atoms with Gasteiger partial charge in [0.25, 0.3) is 5.91 Å². The normalized spacial score (nSPS) is 14.2. The number of nitrogens with one attached hydrogen (secondary N) is 2. The molecule has 1 aliphatic rings. The predicted octanol–water partition coefficient (Wildman–Crippen LogP) is 4.95. The molecule has 6 heteroatoms. The number of anilines is 1. The topological polar surface area (TPSA) is 70.7 Å². The molecule has 2 N–H and O–H groups in total. The van der Waals surface area contributed by atoms with Crippen molar-refractivity contribution in [3.8, 4) is 0 Å². The molecule has 1 saturated heterocycles. The summed E-state index contributed by atoms with van der Waals surface area (Å²) in [5.41, 5.74) is 3.44. The Bertz CT molecular complexity index is 839. The number of urea groups is 1. The number of benzene rings is 2. The molecule has 0 saturated carbocycles. The fraction of sp³-hybridized carbons (Fsp3) is 0.440. The minimum absolute atomic E-state index is 0.0696. The highest BCUT2D eigenvalue weighted by Gasteiger charge is 2.17. The molecule has 0 aromatic heterocycles. The van der Waals surface area contributed by atoms with E-state index in [2.05, 4.69) is 10.6 Å². The molecule has 166 valence electrons. The lowest BCUT2D eigenvalue weighted by atomic mass is 10.1. The van der Waals surface area contributed by atoms with Gasteiger partial charge in [-0.15, -0.1) is 0 Å². The third kappa shape index (κ3) is 7.40. The second-order valence-electron chi connectivity index (χ2n) is 8.27. The van der Waals surface area contributed by atoms with Crippen molar-refractivity contribution in [2.75, 3.05) is 18.4 Å². The van der Waals surface area contributed by atoms with Crippen LogP contribution in [0.1, 0.15) is 61.0 Å². The van der Waals surface area contributed by atoms with Gasteiger partial charge in [0.2, 0.25) is 0 Å². The van der Waals surface area contributed by atoms with E-state index in [9.17, 15) is 9.59 Å². The van der Waals surface area contributed by atoms with E-state index in [-0.39, 0.29) is 18.0 Å². The van der Waals surface area contributed by atoms with Gasteiger partial charge < -0.3 is 20.3 Å². The maximum atomic E-state index is 12.7. The number of hydrogen-bond donors (Lipinski definition) is 2. The van der Waals surface area contributed by atoms with Crippen LogP contribution in [0.5, 0.6) is 0 Å². The smallest absolute Gasteiger partial charge is 0.319 e. The highest BCUT2D eigenvalue weighted by atomic mass is 16.5. The van der Waals surface area contributed by atoms with E-state index >= 15 is 0 Å². The van der Waals surface area contributed by atoms with Crippen molar-refractivity contribution in [1.82, 2.24) is 10.2 Å². The van der Waals surface area contributed by atoms with Crippen LogP contribution in [0, 0.1) is 0 Å². The zero-order valence-electron chi connectivity index (χ0n) is 18.5. The summed E-state index contributed by atoms with van der Waals surface area (Å²) < 4.78 is 5.59. The fourth-order valence-corrected chi connectivity index (χ4v) is 3.53. The van der Waals surface area contributed by atoms with E-state index in [0.717, 1.165) is 37.1 Å². The van der Waals surface area contributed by atoms with Crippen molar-refractivity contribution in [3.63, 3.8) is 0 Å². The summed E-state index contributed by atoms with van der Waals surface area (Å²) in [4.78, 5) is 26.8. The first-order valence-corrected chi connectivity index (χ1v) is 11.1. The summed E-state index contributed by atoms with van der Waals surface area (Å²) in [7, 11) is 0. The Balaban J connectivity index is 1.45. The predicted molar refractivity (Wildman–Crippen MR) is 123 cm³/mol. The van der Waals surface area contributed by atoms with E-state index < -0.39 is 0 Å². The van der Waals surface area contributed by atoms with Gasteiger partial charge in [0.1, 0.15) is 0 Å². The van der Waals surface area contributed by atoms with Crippen LogP contribution >= 0.6 is 0 Å². The number of ether oxygens (including phenoxy) is 1. The van der Waals surface area contributed by atoms with Gasteiger partial charge in [-0.3, -0.25) is 4.79 Å². The second-order valence-corrected chi connectivity index (χ2v) is 8.27. The SMILES string of the molecule is CC(C)OCc1ccc(CNC(=O)Nc2ccc(C(=O)N3CCCCCC3)cc2)cc1. The zero-order chi connectivity index (χ0) is 22.1. The molecule has 0 unspecified atom stereocenters. The highest BCUT2D eigenvalue weighted by Crippen LogP contribution is 2.16. The second kappa shape index (κ2) is 11.5. The average molecular weight is 424 g/mol. The van der Waals surface area contributed by atoms with E-state index in [0.29, 0.717) is 24.4 Å². The number of carbonyl (C=O) groups is 2. The van der Waals surface area contributed by atoms with E-state index in [1.54, 1.807) is 24.3 Å². The molecule has 1 aliphatic heterocycles. The third-order valence-corrected chi connectivity index (χ3v) is 5.34. The standard InChI is InChI=1S/C25H33N3O3/c1-19(2)31-18-21-9-7-20(8-10-21)17-26-25(30)27-23-13-11-22(12-14-23)24(29)28-15-5-3-4-6-16-28/h7-14,19H,3-6,15-18H2,1-2H3,(H2,26,27,30). The first-order chi connectivity index (χ1) is 15.0. The molecule has 0 bridgehead atoms. The molecule has 0 atom stereocenters. The molecule has 0 spiro atoms.